The fourth-order valence-corrected chi connectivity index (χ4v) is 4.74. The van der Waals surface area contributed by atoms with Crippen molar-refractivity contribution in [1.29, 1.82) is 0 Å². The third kappa shape index (κ3) is 6.32. The van der Waals surface area contributed by atoms with Gasteiger partial charge in [-0.2, -0.15) is 0 Å². The second-order valence-corrected chi connectivity index (χ2v) is 9.86. The standard InChI is InChI=1S/C26H25Cl2N5O2S/c1-16-8-10-20(13-22(16)28)30-25(34)29-14-24-31-32-26(33(24)23-12-19(27)9-7-17(23)2)36-15-18-5-4-6-21(11-18)35-3/h4-13H,14-15H2,1-3H3,(H2,29,30,34). The quantitative estimate of drug-likeness (QED) is 0.239. The molecule has 7 nitrogen and oxygen atoms in total. The summed E-state index contributed by atoms with van der Waals surface area (Å²) in [6.45, 7) is 4.05. The molecule has 4 aromatic rings. The van der Waals surface area contributed by atoms with E-state index in [9.17, 15) is 4.79 Å². The second kappa shape index (κ2) is 11.7. The summed E-state index contributed by atoms with van der Waals surface area (Å²) < 4.78 is 7.26. The van der Waals surface area contributed by atoms with Gasteiger partial charge in [-0.3, -0.25) is 4.57 Å². The molecule has 4 rings (SSSR count). The van der Waals surface area contributed by atoms with Crippen LogP contribution < -0.4 is 15.4 Å². The Kier molecular flexibility index (Phi) is 8.40. The first-order chi connectivity index (χ1) is 17.3. The fraction of sp³-hybridized carbons (Fsp3) is 0.192. The number of carbonyl (C=O) groups excluding carboxylic acids is 1. The van der Waals surface area contributed by atoms with E-state index in [-0.39, 0.29) is 12.6 Å². The zero-order valence-corrected chi connectivity index (χ0v) is 22.3. The highest BCUT2D eigenvalue weighted by Gasteiger charge is 2.18. The minimum Gasteiger partial charge on any atom is -0.497 e. The van der Waals surface area contributed by atoms with Crippen LogP contribution in [0.4, 0.5) is 10.5 Å². The molecular weight excluding hydrogens is 517 g/mol. The summed E-state index contributed by atoms with van der Waals surface area (Å²) in [5, 5.41) is 16.3. The van der Waals surface area contributed by atoms with Gasteiger partial charge in [0, 0.05) is 21.5 Å². The molecule has 1 aromatic heterocycles. The lowest BCUT2D eigenvalue weighted by Crippen LogP contribution is -2.29. The van der Waals surface area contributed by atoms with Crippen molar-refractivity contribution in [2.45, 2.75) is 31.3 Å². The van der Waals surface area contributed by atoms with Crippen LogP contribution in [0.3, 0.4) is 0 Å². The number of anilines is 1. The first-order valence-corrected chi connectivity index (χ1v) is 12.9. The number of hydrogen-bond donors (Lipinski definition) is 2. The van der Waals surface area contributed by atoms with Crippen molar-refractivity contribution in [2.75, 3.05) is 12.4 Å². The Morgan fingerprint density at radius 1 is 1.03 bits per heavy atom. The third-order valence-corrected chi connectivity index (χ3v) is 7.09. The SMILES string of the molecule is COc1cccc(CSc2nnc(CNC(=O)Nc3ccc(C)c(Cl)c3)n2-c2cc(Cl)ccc2C)c1. The Balaban J connectivity index is 1.55. The van der Waals surface area contributed by atoms with Crippen LogP contribution in [-0.2, 0) is 12.3 Å². The number of nitrogens with zero attached hydrogens (tertiary/aromatic N) is 3. The number of halogens is 2. The Bertz CT molecular complexity index is 1390. The molecule has 1 heterocycles. The number of aryl methyl sites for hydroxylation is 2. The summed E-state index contributed by atoms with van der Waals surface area (Å²) >= 11 is 14.0. The second-order valence-electron chi connectivity index (χ2n) is 8.08. The number of carbonyl (C=O) groups is 1. The van der Waals surface area contributed by atoms with E-state index < -0.39 is 0 Å². The lowest BCUT2D eigenvalue weighted by atomic mass is 10.2. The van der Waals surface area contributed by atoms with E-state index in [1.54, 1.807) is 19.2 Å². The van der Waals surface area contributed by atoms with Crippen molar-refractivity contribution in [1.82, 2.24) is 20.1 Å². The molecule has 2 N–H and O–H groups in total. The number of nitrogens with one attached hydrogen (secondary N) is 2. The Morgan fingerprint density at radius 3 is 2.61 bits per heavy atom. The molecule has 0 aliphatic carbocycles. The number of thioether (sulfide) groups is 1. The maximum absolute atomic E-state index is 12.6. The predicted octanol–water partition coefficient (Wildman–Crippen LogP) is 6.81. The van der Waals surface area contributed by atoms with Gasteiger partial charge in [-0.25, -0.2) is 4.79 Å². The number of methoxy groups -OCH3 is 1. The Labute approximate surface area is 224 Å². The van der Waals surface area contributed by atoms with Crippen molar-refractivity contribution in [3.8, 4) is 11.4 Å². The number of ether oxygens (including phenoxy) is 1. The van der Waals surface area contributed by atoms with Gasteiger partial charge < -0.3 is 15.4 Å². The van der Waals surface area contributed by atoms with Crippen LogP contribution in [0.25, 0.3) is 5.69 Å². The molecule has 0 bridgehead atoms. The van der Waals surface area contributed by atoms with E-state index in [2.05, 4.69) is 20.8 Å². The Morgan fingerprint density at radius 2 is 1.83 bits per heavy atom. The molecule has 0 atom stereocenters. The maximum Gasteiger partial charge on any atom is 0.319 e. The molecular formula is C26H25Cl2N5O2S. The van der Waals surface area contributed by atoms with Gasteiger partial charge in [0.25, 0.3) is 0 Å². The summed E-state index contributed by atoms with van der Waals surface area (Å²) in [7, 11) is 1.65. The summed E-state index contributed by atoms with van der Waals surface area (Å²) in [4.78, 5) is 12.6. The van der Waals surface area contributed by atoms with Crippen LogP contribution in [0.5, 0.6) is 5.75 Å². The van der Waals surface area contributed by atoms with E-state index in [0.717, 1.165) is 28.1 Å². The van der Waals surface area contributed by atoms with Gasteiger partial charge in [-0.15, -0.1) is 10.2 Å². The van der Waals surface area contributed by atoms with Gasteiger partial charge in [-0.1, -0.05) is 59.2 Å². The van der Waals surface area contributed by atoms with Gasteiger partial charge in [0.2, 0.25) is 0 Å². The van der Waals surface area contributed by atoms with Gasteiger partial charge in [-0.05, 0) is 66.9 Å². The molecule has 3 aromatic carbocycles. The summed E-state index contributed by atoms with van der Waals surface area (Å²) in [5.74, 6) is 2.04. The van der Waals surface area contributed by atoms with Crippen LogP contribution in [-0.4, -0.2) is 27.9 Å². The monoisotopic (exact) mass is 541 g/mol. The van der Waals surface area contributed by atoms with Gasteiger partial charge in [0.1, 0.15) is 5.75 Å². The average Bonchev–Trinajstić information content (AvgIpc) is 3.28. The molecule has 0 saturated heterocycles. The van der Waals surface area contributed by atoms with E-state index in [1.165, 1.54) is 11.8 Å². The highest BCUT2D eigenvalue weighted by atomic mass is 35.5. The van der Waals surface area contributed by atoms with Crippen LogP contribution in [0.2, 0.25) is 10.0 Å². The van der Waals surface area contributed by atoms with Crippen LogP contribution in [0.1, 0.15) is 22.5 Å². The van der Waals surface area contributed by atoms with E-state index in [4.69, 9.17) is 27.9 Å². The fourth-order valence-electron chi connectivity index (χ4n) is 3.49. The summed E-state index contributed by atoms with van der Waals surface area (Å²) in [6, 6.07) is 18.5. The molecule has 0 aliphatic heterocycles. The maximum atomic E-state index is 12.6. The number of aromatic nitrogens is 3. The van der Waals surface area contributed by atoms with Gasteiger partial charge >= 0.3 is 6.03 Å². The average molecular weight is 542 g/mol. The van der Waals surface area contributed by atoms with Crippen LogP contribution in [0.15, 0.2) is 65.8 Å². The normalized spacial score (nSPS) is 10.8. The van der Waals surface area contributed by atoms with Crippen molar-refractivity contribution in [3.63, 3.8) is 0 Å². The summed E-state index contributed by atoms with van der Waals surface area (Å²) in [6.07, 6.45) is 0. The molecule has 186 valence electrons. The molecule has 0 saturated carbocycles. The molecule has 0 aliphatic rings. The molecule has 0 unspecified atom stereocenters. The molecule has 0 spiro atoms. The largest absolute Gasteiger partial charge is 0.497 e. The smallest absolute Gasteiger partial charge is 0.319 e. The van der Waals surface area contributed by atoms with Crippen molar-refractivity contribution >= 4 is 46.7 Å². The molecule has 0 radical (unpaired) electrons. The number of amides is 2. The first-order valence-electron chi connectivity index (χ1n) is 11.1. The summed E-state index contributed by atoms with van der Waals surface area (Å²) in [5.41, 5.74) is 4.48. The number of urea groups is 1. The van der Waals surface area contributed by atoms with Crippen molar-refractivity contribution in [2.24, 2.45) is 0 Å². The predicted molar refractivity (Wildman–Crippen MR) is 146 cm³/mol. The zero-order valence-electron chi connectivity index (χ0n) is 20.0. The number of benzene rings is 3. The molecule has 2 amide bonds. The molecule has 0 fully saturated rings. The highest BCUT2D eigenvalue weighted by Crippen LogP contribution is 2.29. The number of hydrogen-bond acceptors (Lipinski definition) is 5. The zero-order chi connectivity index (χ0) is 25.7. The lowest BCUT2D eigenvalue weighted by Gasteiger charge is -2.14. The number of rotatable bonds is 8. The van der Waals surface area contributed by atoms with Crippen molar-refractivity contribution in [3.05, 3.63) is 93.2 Å². The van der Waals surface area contributed by atoms with Gasteiger partial charge in [0.15, 0.2) is 11.0 Å². The minimum atomic E-state index is -0.377. The minimum absolute atomic E-state index is 0.157. The van der Waals surface area contributed by atoms with E-state index >= 15 is 0 Å². The topological polar surface area (TPSA) is 81.1 Å². The van der Waals surface area contributed by atoms with E-state index in [0.29, 0.717) is 32.5 Å². The van der Waals surface area contributed by atoms with Crippen LogP contribution >= 0.6 is 35.0 Å². The molecule has 10 heteroatoms. The molecule has 36 heavy (non-hydrogen) atoms. The van der Waals surface area contributed by atoms with Crippen LogP contribution in [0, 0.1) is 13.8 Å². The Hall–Kier alpha value is -3.20. The highest BCUT2D eigenvalue weighted by molar-refractivity contribution is 7.98. The van der Waals surface area contributed by atoms with E-state index in [1.807, 2.05) is 66.9 Å². The first kappa shape index (κ1) is 25.9. The lowest BCUT2D eigenvalue weighted by molar-refractivity contribution is 0.251. The third-order valence-electron chi connectivity index (χ3n) is 5.45. The van der Waals surface area contributed by atoms with Gasteiger partial charge in [0.05, 0.1) is 19.3 Å². The van der Waals surface area contributed by atoms with Crippen molar-refractivity contribution < 1.29 is 9.53 Å².